The summed E-state index contributed by atoms with van der Waals surface area (Å²) in [6.07, 6.45) is 0.480. The van der Waals surface area contributed by atoms with Gasteiger partial charge in [-0.05, 0) is 43.5 Å². The average molecular weight is 361 g/mol. The first-order valence-electron chi connectivity index (χ1n) is 6.31. The molecule has 20 heavy (non-hydrogen) atoms. The predicted molar refractivity (Wildman–Crippen MR) is 82.8 cm³/mol. The zero-order valence-electron chi connectivity index (χ0n) is 11.4. The second-order valence-corrected chi connectivity index (χ2v) is 8.14. The fourth-order valence-electron chi connectivity index (χ4n) is 2.28. The highest BCUT2D eigenvalue weighted by molar-refractivity contribution is 9.10. The first-order chi connectivity index (χ1) is 9.27. The van der Waals surface area contributed by atoms with Crippen molar-refractivity contribution in [3.63, 3.8) is 0 Å². The van der Waals surface area contributed by atoms with Gasteiger partial charge in [-0.2, -0.15) is 0 Å². The monoisotopic (exact) mass is 360 g/mol. The molecule has 5 nitrogen and oxygen atoms in total. The first kappa shape index (κ1) is 15.3. The predicted octanol–water partition coefficient (Wildman–Crippen LogP) is 2.37. The molecule has 0 aliphatic carbocycles. The molecule has 1 atom stereocenters. The topological polar surface area (TPSA) is 75.3 Å². The van der Waals surface area contributed by atoms with Gasteiger partial charge in [0.25, 0.3) is 0 Å². The third kappa shape index (κ3) is 3.73. The van der Waals surface area contributed by atoms with Crippen LogP contribution in [0, 0.1) is 13.8 Å². The van der Waals surface area contributed by atoms with Gasteiger partial charge in [0.1, 0.15) is 0 Å². The summed E-state index contributed by atoms with van der Waals surface area (Å²) >= 11 is 3.47. The van der Waals surface area contributed by atoms with Crippen molar-refractivity contribution in [2.75, 3.05) is 16.8 Å². The highest BCUT2D eigenvalue weighted by atomic mass is 79.9. The van der Waals surface area contributed by atoms with E-state index in [0.717, 1.165) is 15.6 Å². The van der Waals surface area contributed by atoms with Crippen LogP contribution in [0.25, 0.3) is 0 Å². The van der Waals surface area contributed by atoms with Gasteiger partial charge in [0.15, 0.2) is 9.84 Å². The van der Waals surface area contributed by atoms with E-state index in [1.54, 1.807) is 0 Å². The molecule has 0 spiro atoms. The van der Waals surface area contributed by atoms with Crippen LogP contribution in [0.2, 0.25) is 0 Å². The Balaban J connectivity index is 1.99. The van der Waals surface area contributed by atoms with E-state index < -0.39 is 9.84 Å². The molecular formula is C13H17BrN2O3S. The Labute approximate surface area is 127 Å². The van der Waals surface area contributed by atoms with Gasteiger partial charge >= 0.3 is 6.03 Å². The van der Waals surface area contributed by atoms with Crippen molar-refractivity contribution >= 4 is 37.5 Å². The van der Waals surface area contributed by atoms with Crippen molar-refractivity contribution in [3.05, 3.63) is 27.7 Å². The Kier molecular flexibility index (Phi) is 4.39. The second kappa shape index (κ2) is 5.73. The Morgan fingerprint density at radius 1 is 1.30 bits per heavy atom. The number of rotatable bonds is 2. The van der Waals surface area contributed by atoms with Gasteiger partial charge in [0.2, 0.25) is 0 Å². The van der Waals surface area contributed by atoms with Crippen molar-refractivity contribution in [2.24, 2.45) is 0 Å². The maximum absolute atomic E-state index is 11.9. The standard InChI is InChI=1S/C13H17BrN2O3S/c1-8-5-11(6-9(2)12(8)14)16-13(17)15-10-3-4-20(18,19)7-10/h5-6,10H,3-4,7H2,1-2H3,(H2,15,16,17). The SMILES string of the molecule is Cc1cc(NC(=O)NC2CCS(=O)(=O)C2)cc(C)c1Br. The third-order valence-electron chi connectivity index (χ3n) is 3.26. The van der Waals surface area contributed by atoms with Crippen LogP contribution in [-0.4, -0.2) is 32.0 Å². The Bertz CT molecular complexity index is 620. The van der Waals surface area contributed by atoms with E-state index in [-0.39, 0.29) is 23.6 Å². The van der Waals surface area contributed by atoms with Gasteiger partial charge in [-0.25, -0.2) is 13.2 Å². The Hall–Kier alpha value is -1.08. The number of benzene rings is 1. The molecule has 0 radical (unpaired) electrons. The van der Waals surface area contributed by atoms with Crippen molar-refractivity contribution in [2.45, 2.75) is 26.3 Å². The number of urea groups is 1. The van der Waals surface area contributed by atoms with Crippen LogP contribution in [0.1, 0.15) is 17.5 Å². The molecular weight excluding hydrogens is 344 g/mol. The second-order valence-electron chi connectivity index (χ2n) is 5.12. The van der Waals surface area contributed by atoms with Crippen molar-refractivity contribution < 1.29 is 13.2 Å². The highest BCUT2D eigenvalue weighted by Gasteiger charge is 2.28. The molecule has 0 bridgehead atoms. The molecule has 1 unspecified atom stereocenters. The summed E-state index contributed by atoms with van der Waals surface area (Å²) in [5.41, 5.74) is 2.76. The lowest BCUT2D eigenvalue weighted by Gasteiger charge is -2.13. The van der Waals surface area contributed by atoms with Crippen LogP contribution >= 0.6 is 15.9 Å². The molecule has 2 rings (SSSR count). The minimum absolute atomic E-state index is 0.0266. The van der Waals surface area contributed by atoms with Gasteiger partial charge in [0, 0.05) is 16.2 Å². The minimum atomic E-state index is -2.98. The smallest absolute Gasteiger partial charge is 0.319 e. The fraction of sp³-hybridized carbons (Fsp3) is 0.462. The van der Waals surface area contributed by atoms with Crippen molar-refractivity contribution in [1.29, 1.82) is 0 Å². The average Bonchev–Trinajstić information content (AvgIpc) is 2.65. The van der Waals surface area contributed by atoms with E-state index in [1.807, 2.05) is 26.0 Å². The molecule has 1 aromatic rings. The summed E-state index contributed by atoms with van der Waals surface area (Å²) < 4.78 is 23.7. The summed E-state index contributed by atoms with van der Waals surface area (Å²) in [6, 6.07) is 3.07. The number of aryl methyl sites for hydroxylation is 2. The van der Waals surface area contributed by atoms with E-state index in [1.165, 1.54) is 0 Å². The largest absolute Gasteiger partial charge is 0.334 e. The molecule has 1 heterocycles. The van der Waals surface area contributed by atoms with Crippen molar-refractivity contribution in [1.82, 2.24) is 5.32 Å². The molecule has 1 saturated heterocycles. The van der Waals surface area contributed by atoms with E-state index >= 15 is 0 Å². The Morgan fingerprint density at radius 3 is 2.40 bits per heavy atom. The molecule has 7 heteroatoms. The lowest BCUT2D eigenvalue weighted by atomic mass is 10.1. The zero-order chi connectivity index (χ0) is 14.9. The van der Waals surface area contributed by atoms with E-state index in [4.69, 9.17) is 0 Å². The van der Waals surface area contributed by atoms with E-state index in [0.29, 0.717) is 12.1 Å². The number of halogens is 1. The van der Waals surface area contributed by atoms with E-state index in [2.05, 4.69) is 26.6 Å². The van der Waals surface area contributed by atoms with E-state index in [9.17, 15) is 13.2 Å². The zero-order valence-corrected chi connectivity index (χ0v) is 13.8. The maximum Gasteiger partial charge on any atom is 0.319 e. The number of carbonyl (C=O) groups is 1. The fourth-order valence-corrected chi connectivity index (χ4v) is 4.18. The minimum Gasteiger partial charge on any atom is -0.334 e. The molecule has 110 valence electrons. The number of hydrogen-bond acceptors (Lipinski definition) is 3. The van der Waals surface area contributed by atoms with Crippen LogP contribution in [0.3, 0.4) is 0 Å². The van der Waals surface area contributed by atoms with Crippen LogP contribution < -0.4 is 10.6 Å². The number of anilines is 1. The first-order valence-corrected chi connectivity index (χ1v) is 8.93. The van der Waals surface area contributed by atoms with Crippen LogP contribution in [0.4, 0.5) is 10.5 Å². The molecule has 1 aliphatic heterocycles. The summed E-state index contributed by atoms with van der Waals surface area (Å²) in [7, 11) is -2.98. The van der Waals surface area contributed by atoms with Gasteiger partial charge in [-0.3, -0.25) is 0 Å². The van der Waals surface area contributed by atoms with Crippen molar-refractivity contribution in [3.8, 4) is 0 Å². The molecule has 1 aromatic carbocycles. The number of carbonyl (C=O) groups excluding carboxylic acids is 1. The Morgan fingerprint density at radius 2 is 1.90 bits per heavy atom. The molecule has 0 saturated carbocycles. The number of amides is 2. The molecule has 0 aromatic heterocycles. The lowest BCUT2D eigenvalue weighted by Crippen LogP contribution is -2.38. The molecule has 1 fully saturated rings. The number of nitrogens with one attached hydrogen (secondary N) is 2. The number of sulfone groups is 1. The van der Waals surface area contributed by atoms with Crippen LogP contribution in [0.5, 0.6) is 0 Å². The third-order valence-corrected chi connectivity index (χ3v) is 6.28. The summed E-state index contributed by atoms with van der Waals surface area (Å²) in [6.45, 7) is 3.90. The van der Waals surface area contributed by atoms with Gasteiger partial charge in [0.05, 0.1) is 11.5 Å². The molecule has 1 aliphatic rings. The van der Waals surface area contributed by atoms with Gasteiger partial charge in [-0.15, -0.1) is 0 Å². The normalized spacial score (nSPS) is 20.6. The van der Waals surface area contributed by atoms with Crippen LogP contribution in [0.15, 0.2) is 16.6 Å². The van der Waals surface area contributed by atoms with Gasteiger partial charge in [-0.1, -0.05) is 15.9 Å². The maximum atomic E-state index is 11.9. The molecule has 2 N–H and O–H groups in total. The lowest BCUT2D eigenvalue weighted by molar-refractivity contribution is 0.249. The van der Waals surface area contributed by atoms with Crippen LogP contribution in [-0.2, 0) is 9.84 Å². The molecule has 2 amide bonds. The quantitative estimate of drug-likeness (QED) is 0.849. The summed E-state index contributed by atoms with van der Waals surface area (Å²) in [4.78, 5) is 11.9. The van der Waals surface area contributed by atoms with Gasteiger partial charge < -0.3 is 10.6 Å². The summed E-state index contributed by atoms with van der Waals surface area (Å²) in [5, 5.41) is 5.43. The number of hydrogen-bond donors (Lipinski definition) is 2. The summed E-state index contributed by atoms with van der Waals surface area (Å²) in [5.74, 6) is 0.174. The highest BCUT2D eigenvalue weighted by Crippen LogP contribution is 2.25.